The molecule has 23 heavy (non-hydrogen) atoms. The molecule has 1 saturated heterocycles. The highest BCUT2D eigenvalue weighted by Crippen LogP contribution is 2.26. The third-order valence-electron chi connectivity index (χ3n) is 5.10. The molecule has 1 saturated carbocycles. The lowest BCUT2D eigenvalue weighted by Gasteiger charge is -2.38. The van der Waals surface area contributed by atoms with Crippen molar-refractivity contribution in [3.8, 4) is 5.75 Å². The Morgan fingerprint density at radius 1 is 1.17 bits per heavy atom. The van der Waals surface area contributed by atoms with Gasteiger partial charge in [-0.15, -0.1) is 0 Å². The van der Waals surface area contributed by atoms with Gasteiger partial charge in [-0.3, -0.25) is 9.59 Å². The Bertz CT molecular complexity index is 578. The van der Waals surface area contributed by atoms with Crippen molar-refractivity contribution < 1.29 is 14.7 Å². The van der Waals surface area contributed by atoms with Gasteiger partial charge in [-0.1, -0.05) is 25.0 Å². The topological polar surface area (TPSA) is 60.9 Å². The first kappa shape index (κ1) is 15.8. The van der Waals surface area contributed by atoms with E-state index in [-0.39, 0.29) is 30.0 Å². The maximum absolute atomic E-state index is 12.6. The van der Waals surface area contributed by atoms with Gasteiger partial charge in [-0.05, 0) is 37.5 Å². The van der Waals surface area contributed by atoms with Crippen LogP contribution in [-0.4, -0.2) is 52.4 Å². The number of piperazine rings is 1. The average molecular weight is 316 g/mol. The number of aromatic hydroxyl groups is 1. The van der Waals surface area contributed by atoms with Gasteiger partial charge in [0.05, 0.1) is 12.5 Å². The predicted octanol–water partition coefficient (Wildman–Crippen LogP) is 2.11. The maximum Gasteiger partial charge on any atom is 0.242 e. The summed E-state index contributed by atoms with van der Waals surface area (Å²) in [7, 11) is 0. The Balaban J connectivity index is 1.62. The van der Waals surface area contributed by atoms with E-state index in [2.05, 4.69) is 0 Å². The van der Waals surface area contributed by atoms with Crippen LogP contribution in [0.5, 0.6) is 5.75 Å². The molecule has 1 N–H and O–H groups in total. The Kier molecular flexibility index (Phi) is 4.55. The molecule has 0 spiro atoms. The van der Waals surface area contributed by atoms with E-state index in [1.54, 1.807) is 29.2 Å². The van der Waals surface area contributed by atoms with Crippen LogP contribution in [0.2, 0.25) is 0 Å². The molecule has 3 rings (SSSR count). The number of amides is 2. The highest BCUT2D eigenvalue weighted by molar-refractivity contribution is 5.89. The summed E-state index contributed by atoms with van der Waals surface area (Å²) >= 11 is 0. The van der Waals surface area contributed by atoms with E-state index < -0.39 is 0 Å². The molecule has 5 heteroatoms. The van der Waals surface area contributed by atoms with Crippen LogP contribution < -0.4 is 0 Å². The molecule has 1 heterocycles. The minimum atomic E-state index is -0.304. The smallest absolute Gasteiger partial charge is 0.242 e. The van der Waals surface area contributed by atoms with Gasteiger partial charge in [-0.25, -0.2) is 0 Å². The first-order valence-electron chi connectivity index (χ1n) is 8.43. The maximum atomic E-state index is 12.6. The molecule has 2 amide bonds. The Morgan fingerprint density at radius 2 is 1.83 bits per heavy atom. The van der Waals surface area contributed by atoms with Crippen LogP contribution >= 0.6 is 0 Å². The van der Waals surface area contributed by atoms with Gasteiger partial charge < -0.3 is 14.9 Å². The van der Waals surface area contributed by atoms with Crippen LogP contribution in [0.15, 0.2) is 24.3 Å². The third-order valence-corrected chi connectivity index (χ3v) is 5.10. The Labute approximate surface area is 136 Å². The van der Waals surface area contributed by atoms with Gasteiger partial charge in [0.25, 0.3) is 0 Å². The molecule has 0 aromatic heterocycles. The fraction of sp³-hybridized carbons (Fsp3) is 0.556. The zero-order chi connectivity index (χ0) is 16.4. The lowest BCUT2D eigenvalue weighted by Crippen LogP contribution is -2.55. The molecule has 1 unspecified atom stereocenters. The number of carbonyl (C=O) groups excluding carboxylic acids is 2. The Morgan fingerprint density at radius 3 is 2.43 bits per heavy atom. The van der Waals surface area contributed by atoms with Crippen LogP contribution in [0.3, 0.4) is 0 Å². The highest BCUT2D eigenvalue weighted by Gasteiger charge is 2.34. The molecule has 1 atom stereocenters. The van der Waals surface area contributed by atoms with E-state index in [1.807, 2.05) is 11.8 Å². The number of nitrogens with zero attached hydrogens (tertiary/aromatic N) is 2. The van der Waals surface area contributed by atoms with Crippen molar-refractivity contribution in [3.63, 3.8) is 0 Å². The van der Waals surface area contributed by atoms with E-state index >= 15 is 0 Å². The standard InChI is InChI=1S/C18H24N2O3/c1-13(14-6-8-16(21)9-7-14)18(23)19-10-11-20(17(22)12-19)15-4-2-3-5-15/h6-9,13,15,21H,2-5,10-12H2,1H3. The normalized spacial score (nSPS) is 20.8. The van der Waals surface area contributed by atoms with E-state index in [0.717, 1.165) is 18.4 Å². The van der Waals surface area contributed by atoms with Gasteiger partial charge in [0.1, 0.15) is 5.75 Å². The van der Waals surface area contributed by atoms with Crippen molar-refractivity contribution in [2.45, 2.75) is 44.6 Å². The van der Waals surface area contributed by atoms with Crippen molar-refractivity contribution in [2.24, 2.45) is 0 Å². The fourth-order valence-corrected chi connectivity index (χ4v) is 3.66. The fourth-order valence-electron chi connectivity index (χ4n) is 3.66. The summed E-state index contributed by atoms with van der Waals surface area (Å²) in [6, 6.07) is 7.07. The minimum absolute atomic E-state index is 0.0184. The van der Waals surface area contributed by atoms with Crippen LogP contribution in [0.25, 0.3) is 0 Å². The number of carbonyl (C=O) groups is 2. The summed E-state index contributed by atoms with van der Waals surface area (Å²) in [6.45, 7) is 3.31. The van der Waals surface area contributed by atoms with Gasteiger partial charge in [-0.2, -0.15) is 0 Å². The monoisotopic (exact) mass is 316 g/mol. The second kappa shape index (κ2) is 6.60. The molecular weight excluding hydrogens is 292 g/mol. The zero-order valence-corrected chi connectivity index (χ0v) is 13.6. The zero-order valence-electron chi connectivity index (χ0n) is 13.6. The summed E-state index contributed by atoms with van der Waals surface area (Å²) in [4.78, 5) is 28.7. The molecule has 1 aliphatic carbocycles. The van der Waals surface area contributed by atoms with Gasteiger partial charge >= 0.3 is 0 Å². The molecule has 1 aromatic rings. The van der Waals surface area contributed by atoms with Crippen molar-refractivity contribution in [3.05, 3.63) is 29.8 Å². The summed E-state index contributed by atoms with van der Waals surface area (Å²) < 4.78 is 0. The van der Waals surface area contributed by atoms with E-state index in [0.29, 0.717) is 19.1 Å². The molecular formula is C18H24N2O3. The number of hydrogen-bond acceptors (Lipinski definition) is 3. The lowest BCUT2D eigenvalue weighted by atomic mass is 9.99. The molecule has 2 fully saturated rings. The van der Waals surface area contributed by atoms with Gasteiger partial charge in [0, 0.05) is 19.1 Å². The first-order chi connectivity index (χ1) is 11.1. The second-order valence-corrected chi connectivity index (χ2v) is 6.60. The lowest BCUT2D eigenvalue weighted by molar-refractivity contribution is -0.147. The number of phenolic OH excluding ortho intramolecular Hbond substituents is 1. The predicted molar refractivity (Wildman–Crippen MR) is 87.1 cm³/mol. The number of rotatable bonds is 3. The quantitative estimate of drug-likeness (QED) is 0.929. The summed E-state index contributed by atoms with van der Waals surface area (Å²) in [5.41, 5.74) is 0.860. The molecule has 0 bridgehead atoms. The van der Waals surface area contributed by atoms with Crippen LogP contribution in [0.1, 0.15) is 44.1 Å². The van der Waals surface area contributed by atoms with E-state index in [4.69, 9.17) is 0 Å². The number of phenols is 1. The van der Waals surface area contributed by atoms with Crippen molar-refractivity contribution in [1.82, 2.24) is 9.80 Å². The Hall–Kier alpha value is -2.04. The molecule has 2 aliphatic rings. The number of hydrogen-bond donors (Lipinski definition) is 1. The van der Waals surface area contributed by atoms with Crippen molar-refractivity contribution >= 4 is 11.8 Å². The minimum Gasteiger partial charge on any atom is -0.508 e. The summed E-state index contributed by atoms with van der Waals surface area (Å²) in [5, 5.41) is 9.35. The van der Waals surface area contributed by atoms with Gasteiger partial charge in [0.2, 0.25) is 11.8 Å². The first-order valence-corrected chi connectivity index (χ1v) is 8.43. The van der Waals surface area contributed by atoms with Crippen molar-refractivity contribution in [1.29, 1.82) is 0 Å². The third kappa shape index (κ3) is 3.33. The summed E-state index contributed by atoms with van der Waals surface area (Å²) in [5.74, 6) is -0.0558. The molecule has 1 aromatic carbocycles. The van der Waals surface area contributed by atoms with Crippen LogP contribution in [0.4, 0.5) is 0 Å². The van der Waals surface area contributed by atoms with E-state index in [9.17, 15) is 14.7 Å². The molecule has 0 radical (unpaired) electrons. The van der Waals surface area contributed by atoms with E-state index in [1.165, 1.54) is 12.8 Å². The SMILES string of the molecule is CC(C(=O)N1CCN(C2CCCC2)C(=O)C1)c1ccc(O)cc1. The summed E-state index contributed by atoms with van der Waals surface area (Å²) in [6.07, 6.45) is 4.61. The van der Waals surface area contributed by atoms with Crippen LogP contribution in [0, 0.1) is 0 Å². The number of benzene rings is 1. The van der Waals surface area contributed by atoms with Gasteiger partial charge in [0.15, 0.2) is 0 Å². The molecule has 1 aliphatic heterocycles. The highest BCUT2D eigenvalue weighted by atomic mass is 16.3. The molecule has 124 valence electrons. The van der Waals surface area contributed by atoms with Crippen LogP contribution in [-0.2, 0) is 9.59 Å². The van der Waals surface area contributed by atoms with Crippen molar-refractivity contribution in [2.75, 3.05) is 19.6 Å². The second-order valence-electron chi connectivity index (χ2n) is 6.60. The average Bonchev–Trinajstić information content (AvgIpc) is 3.08. The molecule has 5 nitrogen and oxygen atoms in total. The largest absolute Gasteiger partial charge is 0.508 e.